The van der Waals surface area contributed by atoms with Gasteiger partial charge in [0.2, 0.25) is 0 Å². The molecule has 0 bridgehead atoms. The minimum atomic E-state index is -0.172. The molecule has 0 aromatic heterocycles. The summed E-state index contributed by atoms with van der Waals surface area (Å²) in [5, 5.41) is 6.39. The third-order valence-corrected chi connectivity index (χ3v) is 4.91. The summed E-state index contributed by atoms with van der Waals surface area (Å²) in [4.78, 5) is 12.2. The smallest absolute Gasteiger partial charge is 0.258 e. The molecule has 0 saturated carbocycles. The molecule has 3 rings (SSSR count). The zero-order chi connectivity index (χ0) is 21.9. The van der Waals surface area contributed by atoms with E-state index in [1.54, 1.807) is 0 Å². The average molecular weight is 419 g/mol. The molecule has 3 aromatic carbocycles. The van der Waals surface area contributed by atoms with Gasteiger partial charge in [-0.25, -0.2) is 0 Å². The van der Waals surface area contributed by atoms with E-state index in [0.717, 1.165) is 11.1 Å². The lowest BCUT2D eigenvalue weighted by atomic mass is 10.1. The Morgan fingerprint density at radius 2 is 1.55 bits per heavy atom. The summed E-state index contributed by atoms with van der Waals surface area (Å²) in [5.41, 5.74) is 3.38. The second kappa shape index (κ2) is 11.8. The van der Waals surface area contributed by atoms with Crippen LogP contribution in [0.15, 0.2) is 78.9 Å². The first-order chi connectivity index (χ1) is 15.2. The fourth-order valence-electron chi connectivity index (χ4n) is 3.17. The van der Waals surface area contributed by atoms with Crippen LogP contribution in [0.2, 0.25) is 0 Å². The van der Waals surface area contributed by atoms with E-state index in [1.807, 2.05) is 73.7 Å². The van der Waals surface area contributed by atoms with Crippen LogP contribution in [-0.2, 0) is 17.9 Å². The first-order valence-electron chi connectivity index (χ1n) is 10.6. The average Bonchev–Trinajstić information content (AvgIpc) is 2.82. The predicted octanol–water partition coefficient (Wildman–Crippen LogP) is 4.63. The maximum absolute atomic E-state index is 12.2. The van der Waals surface area contributed by atoms with Gasteiger partial charge in [-0.15, -0.1) is 0 Å². The van der Waals surface area contributed by atoms with Gasteiger partial charge < -0.3 is 20.1 Å². The molecule has 0 aliphatic heterocycles. The quantitative estimate of drug-likeness (QED) is 0.477. The van der Waals surface area contributed by atoms with E-state index in [4.69, 9.17) is 9.47 Å². The second-order valence-electron chi connectivity index (χ2n) is 7.28. The monoisotopic (exact) mass is 418 g/mol. The van der Waals surface area contributed by atoms with E-state index in [1.165, 1.54) is 5.56 Å². The highest BCUT2D eigenvalue weighted by Crippen LogP contribution is 2.29. The van der Waals surface area contributed by atoms with Gasteiger partial charge in [-0.05, 0) is 42.7 Å². The molecule has 0 radical (unpaired) electrons. The Hall–Kier alpha value is -3.31. The van der Waals surface area contributed by atoms with E-state index in [9.17, 15) is 4.79 Å². The lowest BCUT2D eigenvalue weighted by molar-refractivity contribution is -0.123. The summed E-state index contributed by atoms with van der Waals surface area (Å²) < 4.78 is 11.5. The number of rotatable bonds is 11. The van der Waals surface area contributed by atoms with Crippen molar-refractivity contribution < 1.29 is 14.3 Å². The van der Waals surface area contributed by atoms with E-state index >= 15 is 0 Å². The van der Waals surface area contributed by atoms with Gasteiger partial charge in [0.05, 0.1) is 6.61 Å². The van der Waals surface area contributed by atoms with Crippen molar-refractivity contribution in [2.45, 2.75) is 33.0 Å². The molecule has 0 aliphatic carbocycles. The predicted molar refractivity (Wildman–Crippen MR) is 123 cm³/mol. The van der Waals surface area contributed by atoms with Crippen molar-refractivity contribution in [3.8, 4) is 11.5 Å². The summed E-state index contributed by atoms with van der Waals surface area (Å²) >= 11 is 0. The van der Waals surface area contributed by atoms with Gasteiger partial charge in [-0.2, -0.15) is 0 Å². The molecule has 0 heterocycles. The molecule has 1 atom stereocenters. The van der Waals surface area contributed by atoms with Crippen LogP contribution in [0.4, 0.5) is 0 Å². The lowest BCUT2D eigenvalue weighted by Gasteiger charge is -2.16. The maximum atomic E-state index is 12.2. The fraction of sp³-hybridized carbons (Fsp3) is 0.269. The molecule has 0 fully saturated rings. The Kier molecular flexibility index (Phi) is 8.49. The van der Waals surface area contributed by atoms with Crippen LogP contribution in [0.25, 0.3) is 0 Å². The van der Waals surface area contributed by atoms with Gasteiger partial charge in [0.15, 0.2) is 18.1 Å². The van der Waals surface area contributed by atoms with Gasteiger partial charge >= 0.3 is 0 Å². The van der Waals surface area contributed by atoms with E-state index in [2.05, 4.69) is 29.7 Å². The van der Waals surface area contributed by atoms with E-state index in [-0.39, 0.29) is 18.6 Å². The minimum Gasteiger partial charge on any atom is -0.490 e. The molecule has 2 N–H and O–H groups in total. The largest absolute Gasteiger partial charge is 0.490 e. The third-order valence-electron chi connectivity index (χ3n) is 4.91. The topological polar surface area (TPSA) is 59.6 Å². The highest BCUT2D eigenvalue weighted by atomic mass is 16.5. The van der Waals surface area contributed by atoms with Crippen molar-refractivity contribution >= 4 is 5.91 Å². The number of benzene rings is 3. The molecule has 1 amide bonds. The van der Waals surface area contributed by atoms with Crippen molar-refractivity contribution in [3.05, 3.63) is 95.6 Å². The zero-order valence-corrected chi connectivity index (χ0v) is 18.1. The number of carbonyl (C=O) groups is 1. The number of ether oxygens (including phenoxy) is 2. The summed E-state index contributed by atoms with van der Waals surface area (Å²) in [7, 11) is 0. The Labute approximate surface area is 184 Å². The maximum Gasteiger partial charge on any atom is 0.258 e. The van der Waals surface area contributed by atoms with Crippen molar-refractivity contribution in [1.82, 2.24) is 10.6 Å². The molecular formula is C26H30N2O3. The first kappa shape index (κ1) is 22.4. The number of hydrogen-bond acceptors (Lipinski definition) is 4. The number of nitrogens with one attached hydrogen (secondary N) is 2. The number of carbonyl (C=O) groups excluding carboxylic acids is 1. The molecule has 31 heavy (non-hydrogen) atoms. The highest BCUT2D eigenvalue weighted by molar-refractivity contribution is 5.77. The van der Waals surface area contributed by atoms with Crippen LogP contribution >= 0.6 is 0 Å². The number of amides is 1. The summed E-state index contributed by atoms with van der Waals surface area (Å²) in [5.74, 6) is 1.04. The molecular weight excluding hydrogens is 388 g/mol. The van der Waals surface area contributed by atoms with E-state index < -0.39 is 0 Å². The standard InChI is InChI=1S/C26H30N2O3/c1-3-30-25-16-22(18-27-20(2)23-12-8-5-9-13-23)14-15-24(25)31-19-26(29)28-17-21-10-6-4-7-11-21/h4-16,20,27H,3,17-19H2,1-2H3,(H,28,29)/t20-/m0/s1. The van der Waals surface area contributed by atoms with Crippen molar-refractivity contribution in [2.24, 2.45) is 0 Å². The molecule has 5 heteroatoms. The van der Waals surface area contributed by atoms with Crippen molar-refractivity contribution in [2.75, 3.05) is 13.2 Å². The molecule has 0 saturated heterocycles. The van der Waals surface area contributed by atoms with Gasteiger partial charge in [0, 0.05) is 19.1 Å². The van der Waals surface area contributed by atoms with Gasteiger partial charge in [0.1, 0.15) is 0 Å². The Morgan fingerprint density at radius 3 is 2.26 bits per heavy atom. The minimum absolute atomic E-state index is 0.0600. The Balaban J connectivity index is 1.53. The number of hydrogen-bond donors (Lipinski definition) is 2. The van der Waals surface area contributed by atoms with Crippen LogP contribution in [0.3, 0.4) is 0 Å². The summed E-state index contributed by atoms with van der Waals surface area (Å²) in [6, 6.07) is 26.2. The van der Waals surface area contributed by atoms with Crippen molar-refractivity contribution in [3.63, 3.8) is 0 Å². The first-order valence-corrected chi connectivity index (χ1v) is 10.6. The molecule has 0 unspecified atom stereocenters. The second-order valence-corrected chi connectivity index (χ2v) is 7.28. The molecule has 5 nitrogen and oxygen atoms in total. The van der Waals surface area contributed by atoms with Crippen LogP contribution in [-0.4, -0.2) is 19.1 Å². The third kappa shape index (κ3) is 7.15. The molecule has 162 valence electrons. The van der Waals surface area contributed by atoms with Crippen LogP contribution in [0, 0.1) is 0 Å². The normalized spacial score (nSPS) is 11.5. The Morgan fingerprint density at radius 1 is 0.839 bits per heavy atom. The van der Waals surface area contributed by atoms with E-state index in [0.29, 0.717) is 31.2 Å². The SMILES string of the molecule is CCOc1cc(CN[C@@H](C)c2ccccc2)ccc1OCC(=O)NCc1ccccc1. The fourth-order valence-corrected chi connectivity index (χ4v) is 3.17. The van der Waals surface area contributed by atoms with Gasteiger partial charge in [-0.1, -0.05) is 66.7 Å². The highest BCUT2D eigenvalue weighted by Gasteiger charge is 2.11. The van der Waals surface area contributed by atoms with Crippen LogP contribution < -0.4 is 20.1 Å². The summed E-state index contributed by atoms with van der Waals surface area (Å²) in [6.45, 7) is 5.71. The molecule has 0 aliphatic rings. The lowest BCUT2D eigenvalue weighted by Crippen LogP contribution is -2.28. The Bertz CT molecular complexity index is 945. The zero-order valence-electron chi connectivity index (χ0n) is 18.1. The van der Waals surface area contributed by atoms with Gasteiger partial charge in [0.25, 0.3) is 5.91 Å². The van der Waals surface area contributed by atoms with Crippen molar-refractivity contribution in [1.29, 1.82) is 0 Å². The van der Waals surface area contributed by atoms with Crippen LogP contribution in [0.1, 0.15) is 36.6 Å². The molecule has 3 aromatic rings. The van der Waals surface area contributed by atoms with Gasteiger partial charge in [-0.3, -0.25) is 4.79 Å². The molecule has 0 spiro atoms. The summed E-state index contributed by atoms with van der Waals surface area (Å²) in [6.07, 6.45) is 0. The van der Waals surface area contributed by atoms with Crippen LogP contribution in [0.5, 0.6) is 11.5 Å².